The molecule has 17 heteroatoms. The summed E-state index contributed by atoms with van der Waals surface area (Å²) in [6, 6.07) is -0.928. The molecule has 1 saturated heterocycles. The Bertz CT molecular complexity index is 1840. The molecule has 0 radical (unpaired) electrons. The number of nitrogens with zero attached hydrogens (tertiary/aromatic N) is 7. The molecule has 16 nitrogen and oxygen atoms in total. The number of hydrogen-bond acceptors (Lipinski definition) is 12. The minimum absolute atomic E-state index is 0.00745. The Morgan fingerprint density at radius 3 is 2.78 bits per heavy atom. The Hall–Kier alpha value is -5.58. The van der Waals surface area contributed by atoms with Crippen LogP contribution in [0.4, 0.5) is 4.39 Å². The lowest BCUT2D eigenvalue weighted by atomic mass is 9.89. The molecule has 288 valence electrons. The minimum Gasteiger partial charge on any atom is -0.460 e. The normalized spacial score (nSPS) is 25.6. The van der Waals surface area contributed by atoms with E-state index >= 15 is 0 Å². The third kappa shape index (κ3) is 11.2. The van der Waals surface area contributed by atoms with Crippen molar-refractivity contribution in [1.29, 1.82) is 0 Å². The minimum atomic E-state index is -1.50. The van der Waals surface area contributed by atoms with Crippen LogP contribution in [-0.4, -0.2) is 108 Å². The van der Waals surface area contributed by atoms with Gasteiger partial charge in [0.1, 0.15) is 36.0 Å². The zero-order valence-corrected chi connectivity index (χ0v) is 30.5. The molecule has 5 heterocycles. The molecule has 3 aromatic rings. The second-order valence-corrected chi connectivity index (χ2v) is 13.6. The molecule has 3 N–H and O–H groups in total. The van der Waals surface area contributed by atoms with Crippen LogP contribution in [0.1, 0.15) is 62.8 Å². The standard InChI is InChI=1S/C37H46FN9O7/c1-23(2)35-25(17-33(50)42-13-15-46-21-29(44-45-46)28-20-39-11-12-40-28)8-9-32(49)41-10-4-6-24(3)16-27(48)18-26(38)19-34-43-30(22-53-34)36(51)47-14-5-7-31(47)37(52)54-35/h4,6,8-9,11-12,16,20-23,25-27,31,35,48H,5,7,10,13-15,17-19H2,1-3H3,(H,41,49)(H,42,50)/b6-4+,9-8+,24-16+. The van der Waals surface area contributed by atoms with Gasteiger partial charge in [0.25, 0.3) is 5.91 Å². The van der Waals surface area contributed by atoms with Crippen LogP contribution < -0.4 is 10.6 Å². The third-order valence-electron chi connectivity index (χ3n) is 8.95. The molecule has 3 aromatic heterocycles. The molecule has 0 aromatic carbocycles. The number of esters is 1. The number of carbonyl (C=O) groups is 4. The van der Waals surface area contributed by atoms with Crippen LogP contribution in [-0.2, 0) is 32.1 Å². The highest BCUT2D eigenvalue weighted by Crippen LogP contribution is 2.27. The van der Waals surface area contributed by atoms with Gasteiger partial charge in [-0.25, -0.2) is 14.2 Å². The Kier molecular flexibility index (Phi) is 13.9. The Morgan fingerprint density at radius 1 is 1.17 bits per heavy atom. The summed E-state index contributed by atoms with van der Waals surface area (Å²) < 4.78 is 27.9. The number of carbonyl (C=O) groups excluding carboxylic acids is 4. The smallest absolute Gasteiger partial charge is 0.329 e. The summed E-state index contributed by atoms with van der Waals surface area (Å²) in [4.78, 5) is 67.2. The second kappa shape index (κ2) is 19.0. The van der Waals surface area contributed by atoms with E-state index < -0.39 is 48.1 Å². The average molecular weight is 748 g/mol. The van der Waals surface area contributed by atoms with Crippen molar-refractivity contribution >= 4 is 23.7 Å². The highest BCUT2D eigenvalue weighted by atomic mass is 19.1. The fraction of sp³-hybridized carbons (Fsp3) is 0.486. The Labute approximate surface area is 312 Å². The monoisotopic (exact) mass is 747 g/mol. The highest BCUT2D eigenvalue weighted by molar-refractivity contribution is 5.95. The third-order valence-corrected chi connectivity index (χ3v) is 8.95. The molecule has 1 fully saturated rings. The topological polar surface area (TPSA) is 208 Å². The number of rotatable bonds is 7. The van der Waals surface area contributed by atoms with Gasteiger partial charge in [0.15, 0.2) is 11.6 Å². The number of aliphatic hydroxyl groups is 1. The molecule has 0 spiro atoms. The number of halogens is 1. The maximum atomic E-state index is 14.8. The Morgan fingerprint density at radius 2 is 2.00 bits per heavy atom. The number of cyclic esters (lactones) is 1. The van der Waals surface area contributed by atoms with Crippen LogP contribution in [0, 0.1) is 11.8 Å². The lowest BCUT2D eigenvalue weighted by Gasteiger charge is -2.30. The average Bonchev–Trinajstić information content (AvgIpc) is 3.92. The first kappa shape index (κ1) is 39.6. The lowest BCUT2D eigenvalue weighted by Crippen LogP contribution is -2.44. The van der Waals surface area contributed by atoms with Gasteiger partial charge in [-0.1, -0.05) is 48.9 Å². The van der Waals surface area contributed by atoms with E-state index in [-0.39, 0.29) is 62.3 Å². The highest BCUT2D eigenvalue weighted by Gasteiger charge is 2.39. The zero-order chi connectivity index (χ0) is 38.6. The molecule has 2 aliphatic heterocycles. The van der Waals surface area contributed by atoms with E-state index in [1.54, 1.807) is 54.6 Å². The van der Waals surface area contributed by atoms with Crippen LogP contribution in [0.15, 0.2) is 71.4 Å². The number of aromatic nitrogens is 6. The molecule has 2 aliphatic rings. The van der Waals surface area contributed by atoms with E-state index in [0.29, 0.717) is 36.3 Å². The van der Waals surface area contributed by atoms with Gasteiger partial charge in [0, 0.05) is 50.8 Å². The lowest BCUT2D eigenvalue weighted by molar-refractivity contribution is -0.159. The van der Waals surface area contributed by atoms with E-state index in [1.807, 2.05) is 13.8 Å². The van der Waals surface area contributed by atoms with Crippen LogP contribution >= 0.6 is 0 Å². The molecule has 5 atom stereocenters. The Balaban J connectivity index is 1.32. The first-order valence-electron chi connectivity index (χ1n) is 18.0. The van der Waals surface area contributed by atoms with Crippen molar-refractivity contribution in [2.75, 3.05) is 19.6 Å². The van der Waals surface area contributed by atoms with Gasteiger partial charge >= 0.3 is 5.97 Å². The van der Waals surface area contributed by atoms with Crippen molar-refractivity contribution in [3.63, 3.8) is 0 Å². The number of hydrogen-bond donors (Lipinski definition) is 3. The number of nitrogens with one attached hydrogen (secondary N) is 2. The maximum Gasteiger partial charge on any atom is 0.329 e. The first-order valence-corrected chi connectivity index (χ1v) is 18.0. The molecule has 3 amide bonds. The molecule has 0 saturated carbocycles. The summed E-state index contributed by atoms with van der Waals surface area (Å²) in [7, 11) is 0. The van der Waals surface area contributed by atoms with E-state index in [9.17, 15) is 28.7 Å². The summed E-state index contributed by atoms with van der Waals surface area (Å²) in [5, 5.41) is 24.2. The van der Waals surface area contributed by atoms with E-state index in [4.69, 9.17) is 9.15 Å². The molecule has 5 unspecified atom stereocenters. The van der Waals surface area contributed by atoms with Crippen molar-refractivity contribution in [2.45, 2.75) is 83.8 Å². The number of aliphatic hydroxyl groups excluding tert-OH is 1. The molecule has 2 bridgehead atoms. The van der Waals surface area contributed by atoms with Gasteiger partial charge in [0.2, 0.25) is 11.8 Å². The van der Waals surface area contributed by atoms with Crippen LogP contribution in [0.5, 0.6) is 0 Å². The van der Waals surface area contributed by atoms with Crippen molar-refractivity contribution in [3.05, 3.63) is 78.6 Å². The number of alkyl halides is 1. The van der Waals surface area contributed by atoms with Gasteiger partial charge in [-0.15, -0.1) is 5.10 Å². The van der Waals surface area contributed by atoms with Gasteiger partial charge in [-0.05, 0) is 31.8 Å². The van der Waals surface area contributed by atoms with Gasteiger partial charge < -0.3 is 29.8 Å². The van der Waals surface area contributed by atoms with E-state index in [2.05, 4.69) is 35.9 Å². The maximum absolute atomic E-state index is 14.8. The number of allylic oxidation sites excluding steroid dienone is 2. The molecular weight excluding hydrogens is 701 g/mol. The fourth-order valence-corrected chi connectivity index (χ4v) is 6.32. The second-order valence-electron chi connectivity index (χ2n) is 13.6. The van der Waals surface area contributed by atoms with E-state index in [0.717, 1.165) is 6.26 Å². The summed E-state index contributed by atoms with van der Waals surface area (Å²) in [6.45, 7) is 6.38. The van der Waals surface area contributed by atoms with Crippen molar-refractivity contribution in [3.8, 4) is 11.4 Å². The quantitative estimate of drug-likeness (QED) is 0.298. The number of fused-ring (bicyclic) bond motifs is 3. The fourth-order valence-electron chi connectivity index (χ4n) is 6.32. The number of oxazole rings is 1. The van der Waals surface area contributed by atoms with Crippen molar-refractivity contribution in [2.24, 2.45) is 11.8 Å². The van der Waals surface area contributed by atoms with Crippen molar-refractivity contribution < 1.29 is 37.8 Å². The molecular formula is C37H46FN9O7. The molecule has 54 heavy (non-hydrogen) atoms. The molecule has 5 rings (SSSR count). The largest absolute Gasteiger partial charge is 0.460 e. The molecule has 0 aliphatic carbocycles. The van der Waals surface area contributed by atoms with Gasteiger partial charge in [0.05, 0.1) is 31.5 Å². The van der Waals surface area contributed by atoms with Gasteiger partial charge in [-0.3, -0.25) is 29.0 Å². The van der Waals surface area contributed by atoms with Crippen molar-refractivity contribution in [1.82, 2.24) is 45.5 Å². The summed E-state index contributed by atoms with van der Waals surface area (Å²) in [5.74, 6) is -3.00. The zero-order valence-electron chi connectivity index (χ0n) is 30.5. The van der Waals surface area contributed by atoms with E-state index in [1.165, 1.54) is 17.1 Å². The summed E-state index contributed by atoms with van der Waals surface area (Å²) >= 11 is 0. The number of ether oxygens (including phenoxy) is 1. The SMILES string of the molecule is CC1=C\C(O)CC(F)Cc2nc(co2)C(=O)N2CCCC2C(=O)OC(C(C)C)C(CC(=O)NCCn2cc(-c3cnccn3)nn2)/C=C/C(=O)NC\C=C\1. The first-order chi connectivity index (χ1) is 26.0. The summed E-state index contributed by atoms with van der Waals surface area (Å²) in [5.41, 5.74) is 1.68. The van der Waals surface area contributed by atoms with Crippen LogP contribution in [0.25, 0.3) is 11.4 Å². The van der Waals surface area contributed by atoms with Crippen LogP contribution in [0.2, 0.25) is 0 Å². The number of amides is 3. The van der Waals surface area contributed by atoms with Crippen LogP contribution in [0.3, 0.4) is 0 Å². The van der Waals surface area contributed by atoms with Gasteiger partial charge in [-0.2, -0.15) is 0 Å². The predicted octanol–water partition coefficient (Wildman–Crippen LogP) is 2.54. The summed E-state index contributed by atoms with van der Waals surface area (Å²) in [6.07, 6.45) is 12.1. The predicted molar refractivity (Wildman–Crippen MR) is 192 cm³/mol.